The van der Waals surface area contributed by atoms with Crippen LogP contribution < -0.4 is 5.32 Å². The van der Waals surface area contributed by atoms with Gasteiger partial charge in [0, 0.05) is 17.3 Å². The van der Waals surface area contributed by atoms with Gasteiger partial charge < -0.3 is 10.1 Å². The van der Waals surface area contributed by atoms with Gasteiger partial charge in [-0.2, -0.15) is 5.10 Å². The van der Waals surface area contributed by atoms with Crippen molar-refractivity contribution in [2.75, 3.05) is 0 Å². The van der Waals surface area contributed by atoms with Gasteiger partial charge in [-0.1, -0.05) is 13.8 Å². The number of nitrogens with one attached hydrogen (secondary N) is 1. The molecule has 0 aliphatic heterocycles. The fraction of sp³-hybridized carbons (Fsp3) is 0.600. The first-order valence-electron chi connectivity index (χ1n) is 9.32. The minimum Gasteiger partial charge on any atom is -0.449 e. The quantitative estimate of drug-likeness (QED) is 0.808. The molecule has 2 aromatic rings. The average molecular weight is 374 g/mol. The van der Waals surface area contributed by atoms with E-state index >= 15 is 0 Å². The van der Waals surface area contributed by atoms with Crippen molar-refractivity contribution in [3.63, 3.8) is 0 Å². The van der Waals surface area contributed by atoms with E-state index in [9.17, 15) is 9.59 Å². The highest BCUT2D eigenvalue weighted by molar-refractivity contribution is 6.03. The predicted molar refractivity (Wildman–Crippen MR) is 105 cm³/mol. The Hall–Kier alpha value is -2.44. The number of ether oxygens (including phenoxy) is 1. The molecule has 0 aliphatic carbocycles. The number of hydrogen-bond donors (Lipinski definition) is 1. The second kappa shape index (κ2) is 7.66. The zero-order valence-electron chi connectivity index (χ0n) is 17.5. The van der Waals surface area contributed by atoms with Crippen LogP contribution in [0.4, 0.5) is 0 Å². The third kappa shape index (κ3) is 4.84. The van der Waals surface area contributed by atoms with E-state index in [1.165, 1.54) is 0 Å². The normalized spacial score (nSPS) is 13.3. The van der Waals surface area contributed by atoms with E-state index in [1.807, 2.05) is 48.5 Å². The van der Waals surface area contributed by atoms with Crippen molar-refractivity contribution < 1.29 is 14.3 Å². The van der Waals surface area contributed by atoms with Gasteiger partial charge in [0.15, 0.2) is 11.8 Å². The van der Waals surface area contributed by atoms with E-state index in [1.54, 1.807) is 23.9 Å². The summed E-state index contributed by atoms with van der Waals surface area (Å²) in [6.07, 6.45) is 0.728. The number of aromatic nitrogens is 3. The molecule has 2 heterocycles. The van der Waals surface area contributed by atoms with Crippen LogP contribution in [0.15, 0.2) is 12.3 Å². The number of hydrogen-bond acceptors (Lipinski definition) is 5. The molecule has 0 fully saturated rings. The zero-order valence-corrected chi connectivity index (χ0v) is 17.5. The van der Waals surface area contributed by atoms with Gasteiger partial charge in [-0.05, 0) is 53.5 Å². The summed E-state index contributed by atoms with van der Waals surface area (Å²) in [5.41, 5.74) is 1.41. The number of pyridine rings is 1. The molecule has 7 heteroatoms. The van der Waals surface area contributed by atoms with E-state index in [4.69, 9.17) is 4.74 Å². The first-order chi connectivity index (χ1) is 12.4. The van der Waals surface area contributed by atoms with Crippen LogP contribution in [0.3, 0.4) is 0 Å². The van der Waals surface area contributed by atoms with E-state index in [0.29, 0.717) is 16.6 Å². The monoisotopic (exact) mass is 374 g/mol. The Morgan fingerprint density at radius 2 is 1.78 bits per heavy atom. The van der Waals surface area contributed by atoms with Crippen molar-refractivity contribution >= 4 is 22.9 Å². The average Bonchev–Trinajstić information content (AvgIpc) is 2.95. The largest absolute Gasteiger partial charge is 0.449 e. The molecule has 0 bridgehead atoms. The second-order valence-electron chi connectivity index (χ2n) is 8.46. The maximum Gasteiger partial charge on any atom is 0.339 e. The van der Waals surface area contributed by atoms with E-state index in [-0.39, 0.29) is 17.9 Å². The molecule has 0 spiro atoms. The van der Waals surface area contributed by atoms with Crippen LogP contribution in [0.25, 0.3) is 11.0 Å². The van der Waals surface area contributed by atoms with Gasteiger partial charge in [-0.15, -0.1) is 0 Å². The molecule has 0 saturated heterocycles. The molecular weight excluding hydrogens is 344 g/mol. The summed E-state index contributed by atoms with van der Waals surface area (Å²) in [6.45, 7) is 15.2. The van der Waals surface area contributed by atoms with Crippen LogP contribution >= 0.6 is 0 Å². The van der Waals surface area contributed by atoms with Crippen molar-refractivity contribution in [3.8, 4) is 0 Å². The highest BCUT2D eigenvalue weighted by Crippen LogP contribution is 2.25. The SMILES string of the molecule is CC(C)c1cc(C(=O)O[C@@H](C)C(=O)NC(C)(C)C)c2cnn(C(C)C)c2n1. The summed E-state index contributed by atoms with van der Waals surface area (Å²) in [5, 5.41) is 7.81. The van der Waals surface area contributed by atoms with Gasteiger partial charge in [0.25, 0.3) is 5.91 Å². The number of amides is 1. The molecule has 0 radical (unpaired) electrons. The lowest BCUT2D eigenvalue weighted by molar-refractivity contribution is -0.130. The van der Waals surface area contributed by atoms with Gasteiger partial charge in [0.05, 0.1) is 17.1 Å². The maximum absolute atomic E-state index is 12.8. The summed E-state index contributed by atoms with van der Waals surface area (Å²) < 4.78 is 7.23. The number of esters is 1. The standard InChI is InChI=1S/C20H30N4O3/c1-11(2)16-9-14(15-10-21-24(12(3)4)17(15)22-16)19(26)27-13(5)18(25)23-20(6,7)8/h9-13H,1-8H3,(H,23,25)/t13-/m0/s1. The Kier molecular flexibility index (Phi) is 5.92. The molecule has 1 amide bonds. The zero-order chi connectivity index (χ0) is 20.5. The smallest absolute Gasteiger partial charge is 0.339 e. The Labute approximate surface area is 160 Å². The topological polar surface area (TPSA) is 86.1 Å². The van der Waals surface area contributed by atoms with Crippen molar-refractivity contribution in [3.05, 3.63) is 23.5 Å². The summed E-state index contributed by atoms with van der Waals surface area (Å²) in [6, 6.07) is 1.84. The molecule has 27 heavy (non-hydrogen) atoms. The molecule has 0 unspecified atom stereocenters. The Balaban J connectivity index is 2.39. The van der Waals surface area contributed by atoms with E-state index < -0.39 is 17.6 Å². The highest BCUT2D eigenvalue weighted by Gasteiger charge is 2.25. The van der Waals surface area contributed by atoms with Gasteiger partial charge in [0.2, 0.25) is 0 Å². The third-order valence-corrected chi connectivity index (χ3v) is 4.04. The van der Waals surface area contributed by atoms with Crippen molar-refractivity contribution in [2.45, 2.75) is 79.0 Å². The fourth-order valence-electron chi connectivity index (χ4n) is 2.63. The second-order valence-corrected chi connectivity index (χ2v) is 8.46. The van der Waals surface area contributed by atoms with E-state index in [2.05, 4.69) is 15.4 Å². The molecular formula is C20H30N4O3. The van der Waals surface area contributed by atoms with Gasteiger partial charge >= 0.3 is 5.97 Å². The van der Waals surface area contributed by atoms with Crippen LogP contribution in [0.2, 0.25) is 0 Å². The number of carbonyl (C=O) groups is 2. The van der Waals surface area contributed by atoms with Crippen LogP contribution in [0.5, 0.6) is 0 Å². The van der Waals surface area contributed by atoms with E-state index in [0.717, 1.165) is 5.69 Å². The van der Waals surface area contributed by atoms with Crippen LogP contribution in [-0.2, 0) is 9.53 Å². The summed E-state index contributed by atoms with van der Waals surface area (Å²) in [4.78, 5) is 29.7. The maximum atomic E-state index is 12.8. The Bertz CT molecular complexity index is 847. The lowest BCUT2D eigenvalue weighted by Crippen LogP contribution is -2.46. The van der Waals surface area contributed by atoms with Gasteiger partial charge in [-0.25, -0.2) is 14.5 Å². The summed E-state index contributed by atoms with van der Waals surface area (Å²) in [5.74, 6) is -0.745. The van der Waals surface area contributed by atoms with Gasteiger partial charge in [0.1, 0.15) is 0 Å². The van der Waals surface area contributed by atoms with Crippen molar-refractivity contribution in [1.29, 1.82) is 0 Å². The number of carbonyl (C=O) groups excluding carboxylic acids is 2. The lowest BCUT2D eigenvalue weighted by atomic mass is 10.1. The summed E-state index contributed by atoms with van der Waals surface area (Å²) >= 11 is 0. The first-order valence-corrected chi connectivity index (χ1v) is 9.32. The molecule has 148 valence electrons. The number of rotatable bonds is 5. The Morgan fingerprint density at radius 3 is 2.30 bits per heavy atom. The molecule has 1 N–H and O–H groups in total. The highest BCUT2D eigenvalue weighted by atomic mass is 16.5. The minimum absolute atomic E-state index is 0.109. The van der Waals surface area contributed by atoms with Crippen LogP contribution in [-0.4, -0.2) is 38.3 Å². The summed E-state index contributed by atoms with van der Waals surface area (Å²) in [7, 11) is 0. The van der Waals surface area contributed by atoms with Gasteiger partial charge in [-0.3, -0.25) is 4.79 Å². The minimum atomic E-state index is -0.900. The molecule has 2 rings (SSSR count). The fourth-order valence-corrected chi connectivity index (χ4v) is 2.63. The number of nitrogens with zero attached hydrogens (tertiary/aromatic N) is 3. The first kappa shape index (κ1) is 20.9. The number of fused-ring (bicyclic) bond motifs is 1. The van der Waals surface area contributed by atoms with Crippen LogP contribution in [0, 0.1) is 0 Å². The van der Waals surface area contributed by atoms with Crippen molar-refractivity contribution in [1.82, 2.24) is 20.1 Å². The third-order valence-electron chi connectivity index (χ3n) is 4.04. The van der Waals surface area contributed by atoms with Crippen LogP contribution in [0.1, 0.15) is 83.4 Å². The lowest BCUT2D eigenvalue weighted by Gasteiger charge is -2.23. The molecule has 2 aromatic heterocycles. The molecule has 0 aromatic carbocycles. The molecule has 0 aliphatic rings. The van der Waals surface area contributed by atoms with Crippen molar-refractivity contribution in [2.24, 2.45) is 0 Å². The molecule has 0 saturated carbocycles. The molecule has 7 nitrogen and oxygen atoms in total. The predicted octanol–water partition coefficient (Wildman–Crippen LogP) is 3.60. The Morgan fingerprint density at radius 1 is 1.15 bits per heavy atom. The molecule has 1 atom stereocenters.